The van der Waals surface area contributed by atoms with Crippen LogP contribution in [-0.2, 0) is 6.54 Å². The first kappa shape index (κ1) is 26.0. The van der Waals surface area contributed by atoms with Crippen molar-refractivity contribution in [2.45, 2.75) is 44.3 Å². The molecule has 1 saturated carbocycles. The van der Waals surface area contributed by atoms with E-state index in [9.17, 15) is 9.59 Å². The van der Waals surface area contributed by atoms with Crippen molar-refractivity contribution in [3.05, 3.63) is 74.9 Å². The zero-order chi connectivity index (χ0) is 25.7. The van der Waals surface area contributed by atoms with Gasteiger partial charge >= 0.3 is 0 Å². The summed E-state index contributed by atoms with van der Waals surface area (Å²) in [6.07, 6.45) is 3.33. The van der Waals surface area contributed by atoms with E-state index in [1.54, 1.807) is 50.6 Å². The third-order valence-electron chi connectivity index (χ3n) is 6.46. The van der Waals surface area contributed by atoms with Crippen molar-refractivity contribution in [2.24, 2.45) is 5.73 Å². The number of hydrogen-bond acceptors (Lipinski definition) is 6. The van der Waals surface area contributed by atoms with Gasteiger partial charge in [0, 0.05) is 34.9 Å². The van der Waals surface area contributed by atoms with Gasteiger partial charge in [-0.25, -0.2) is 0 Å². The summed E-state index contributed by atoms with van der Waals surface area (Å²) >= 11 is 7.95. The van der Waals surface area contributed by atoms with E-state index in [2.05, 4.69) is 5.32 Å². The molecule has 190 valence electrons. The lowest BCUT2D eigenvalue weighted by molar-refractivity contribution is 0.0606. The molecule has 9 heteroatoms. The minimum absolute atomic E-state index is 0.0193. The summed E-state index contributed by atoms with van der Waals surface area (Å²) in [5.41, 5.74) is 8.02. The zero-order valence-corrected chi connectivity index (χ0v) is 21.9. The van der Waals surface area contributed by atoms with Gasteiger partial charge in [0.1, 0.15) is 0 Å². The third kappa shape index (κ3) is 6.00. The summed E-state index contributed by atoms with van der Waals surface area (Å²) in [5.74, 6) is 0.741. The van der Waals surface area contributed by atoms with Crippen LogP contribution in [0, 0.1) is 0 Å². The first-order valence-corrected chi connectivity index (χ1v) is 13.1. The second-order valence-electron chi connectivity index (χ2n) is 8.81. The molecule has 4 rings (SSSR count). The van der Waals surface area contributed by atoms with Crippen molar-refractivity contribution in [1.29, 1.82) is 0 Å². The first-order chi connectivity index (χ1) is 17.4. The number of halogens is 1. The molecule has 3 aromatic rings. The van der Waals surface area contributed by atoms with Crippen LogP contribution in [0.1, 0.15) is 51.3 Å². The van der Waals surface area contributed by atoms with Crippen LogP contribution in [-0.4, -0.2) is 43.0 Å². The van der Waals surface area contributed by atoms with Gasteiger partial charge in [0.05, 0.1) is 19.1 Å². The number of thiophene rings is 1. The van der Waals surface area contributed by atoms with Gasteiger partial charge in [-0.15, -0.1) is 11.3 Å². The number of benzene rings is 2. The molecule has 0 unspecified atom stereocenters. The van der Waals surface area contributed by atoms with Gasteiger partial charge in [0.2, 0.25) is 0 Å². The molecule has 0 atom stereocenters. The lowest BCUT2D eigenvalue weighted by atomic mass is 9.90. The van der Waals surface area contributed by atoms with Crippen molar-refractivity contribution < 1.29 is 19.1 Å². The van der Waals surface area contributed by atoms with E-state index < -0.39 is 0 Å². The zero-order valence-electron chi connectivity index (χ0n) is 20.3. The number of nitrogens with zero attached hydrogens (tertiary/aromatic N) is 1. The van der Waals surface area contributed by atoms with Crippen molar-refractivity contribution in [3.8, 4) is 11.5 Å². The molecule has 1 fully saturated rings. The standard InChI is InChI=1S/C27H30ClN3O4S/c1-34-23-12-5-17(15-24(23)35-2)27(33)31(21-9-6-19(29)7-10-21)16-18-14-20(8-11-22(18)28)30-26(32)25-4-3-13-36-25/h3-5,8,11-15,19,21H,6-7,9-10,16,29H2,1-2H3,(H,30,32). The summed E-state index contributed by atoms with van der Waals surface area (Å²) < 4.78 is 10.7. The number of carbonyl (C=O) groups excluding carboxylic acids is 2. The molecule has 2 amide bonds. The Bertz CT molecular complexity index is 1210. The minimum Gasteiger partial charge on any atom is -0.493 e. The number of ether oxygens (including phenoxy) is 2. The van der Waals surface area contributed by atoms with Crippen LogP contribution in [0.2, 0.25) is 5.02 Å². The van der Waals surface area contributed by atoms with Crippen LogP contribution in [0.4, 0.5) is 5.69 Å². The molecule has 2 aromatic carbocycles. The highest BCUT2D eigenvalue weighted by Gasteiger charge is 2.29. The molecule has 1 aliphatic carbocycles. The van der Waals surface area contributed by atoms with E-state index in [0.29, 0.717) is 39.2 Å². The molecule has 7 nitrogen and oxygen atoms in total. The molecular weight excluding hydrogens is 498 g/mol. The topological polar surface area (TPSA) is 93.9 Å². The van der Waals surface area contributed by atoms with Crippen LogP contribution in [0.5, 0.6) is 11.5 Å². The van der Waals surface area contributed by atoms with Crippen LogP contribution in [0.15, 0.2) is 53.9 Å². The molecular formula is C27H30ClN3O4S. The fraction of sp³-hybridized carbons (Fsp3) is 0.333. The van der Waals surface area contributed by atoms with Gasteiger partial charge in [-0.05, 0) is 79.1 Å². The van der Waals surface area contributed by atoms with Gasteiger partial charge in [-0.2, -0.15) is 0 Å². The van der Waals surface area contributed by atoms with E-state index >= 15 is 0 Å². The molecule has 0 radical (unpaired) electrons. The Morgan fingerprint density at radius 1 is 1.06 bits per heavy atom. The summed E-state index contributed by atoms with van der Waals surface area (Å²) in [5, 5.41) is 5.31. The first-order valence-electron chi connectivity index (χ1n) is 11.8. The normalized spacial score (nSPS) is 17.3. The fourth-order valence-corrected chi connectivity index (χ4v) is 5.27. The lowest BCUT2D eigenvalue weighted by Gasteiger charge is -2.36. The Morgan fingerprint density at radius 2 is 1.81 bits per heavy atom. The Morgan fingerprint density at radius 3 is 2.47 bits per heavy atom. The molecule has 1 aliphatic rings. The highest BCUT2D eigenvalue weighted by atomic mass is 35.5. The van der Waals surface area contributed by atoms with E-state index in [1.165, 1.54) is 11.3 Å². The molecule has 0 bridgehead atoms. The monoisotopic (exact) mass is 527 g/mol. The summed E-state index contributed by atoms with van der Waals surface area (Å²) in [7, 11) is 3.10. The summed E-state index contributed by atoms with van der Waals surface area (Å²) in [4.78, 5) is 28.8. The molecule has 36 heavy (non-hydrogen) atoms. The van der Waals surface area contributed by atoms with Gasteiger partial charge in [-0.1, -0.05) is 17.7 Å². The van der Waals surface area contributed by atoms with Crippen molar-refractivity contribution >= 4 is 40.4 Å². The number of nitrogens with two attached hydrogens (primary N) is 1. The highest BCUT2D eigenvalue weighted by molar-refractivity contribution is 7.12. The maximum Gasteiger partial charge on any atom is 0.265 e. The third-order valence-corrected chi connectivity index (χ3v) is 7.70. The molecule has 0 aliphatic heterocycles. The summed E-state index contributed by atoms with van der Waals surface area (Å²) in [6, 6.07) is 14.3. The second-order valence-corrected chi connectivity index (χ2v) is 10.2. The Hall–Kier alpha value is -3.07. The number of amides is 2. The predicted molar refractivity (Wildman–Crippen MR) is 143 cm³/mol. The fourth-order valence-electron chi connectivity index (χ4n) is 4.47. The van der Waals surface area contributed by atoms with Crippen LogP contribution in [0.3, 0.4) is 0 Å². The molecule has 1 heterocycles. The number of rotatable bonds is 8. The number of carbonyl (C=O) groups is 2. The SMILES string of the molecule is COc1ccc(C(=O)N(Cc2cc(NC(=O)c3cccs3)ccc2Cl)C2CCC(N)CC2)cc1OC. The van der Waals surface area contributed by atoms with Gasteiger partial charge in [0.25, 0.3) is 11.8 Å². The van der Waals surface area contributed by atoms with Gasteiger partial charge < -0.3 is 25.4 Å². The number of anilines is 1. The lowest BCUT2D eigenvalue weighted by Crippen LogP contribution is -2.44. The van der Waals surface area contributed by atoms with Crippen LogP contribution < -0.4 is 20.5 Å². The van der Waals surface area contributed by atoms with Crippen molar-refractivity contribution in [1.82, 2.24) is 4.90 Å². The highest BCUT2D eigenvalue weighted by Crippen LogP contribution is 2.32. The Labute approximate surface area is 220 Å². The van der Waals surface area contributed by atoms with Crippen molar-refractivity contribution in [3.63, 3.8) is 0 Å². The van der Waals surface area contributed by atoms with Gasteiger partial charge in [0.15, 0.2) is 11.5 Å². The average Bonchev–Trinajstić information content (AvgIpc) is 3.44. The van der Waals surface area contributed by atoms with E-state index in [-0.39, 0.29) is 23.9 Å². The molecule has 1 aromatic heterocycles. The largest absolute Gasteiger partial charge is 0.493 e. The maximum absolute atomic E-state index is 13.8. The Kier molecular flexibility index (Phi) is 8.51. The summed E-state index contributed by atoms with van der Waals surface area (Å²) in [6.45, 7) is 0.300. The van der Waals surface area contributed by atoms with E-state index in [4.69, 9.17) is 26.8 Å². The molecule has 3 N–H and O–H groups in total. The second kappa shape index (κ2) is 11.8. The minimum atomic E-state index is -0.183. The quantitative estimate of drug-likeness (QED) is 0.398. The molecule has 0 saturated heterocycles. The van der Waals surface area contributed by atoms with Gasteiger partial charge in [-0.3, -0.25) is 9.59 Å². The van der Waals surface area contributed by atoms with E-state index in [1.807, 2.05) is 22.4 Å². The Balaban J connectivity index is 1.62. The van der Waals surface area contributed by atoms with Crippen molar-refractivity contribution in [2.75, 3.05) is 19.5 Å². The number of nitrogens with one attached hydrogen (secondary N) is 1. The number of methoxy groups -OCH3 is 2. The predicted octanol–water partition coefficient (Wildman–Crippen LogP) is 5.58. The number of hydrogen-bond donors (Lipinski definition) is 2. The van der Waals surface area contributed by atoms with Crippen LogP contribution >= 0.6 is 22.9 Å². The molecule has 0 spiro atoms. The smallest absolute Gasteiger partial charge is 0.265 e. The van der Waals surface area contributed by atoms with Crippen LogP contribution in [0.25, 0.3) is 0 Å². The van der Waals surface area contributed by atoms with E-state index in [0.717, 1.165) is 31.2 Å². The average molecular weight is 528 g/mol. The maximum atomic E-state index is 13.8.